The highest BCUT2D eigenvalue weighted by Gasteiger charge is 2.15. The van der Waals surface area contributed by atoms with Gasteiger partial charge in [0.2, 0.25) is 0 Å². The van der Waals surface area contributed by atoms with Crippen molar-refractivity contribution in [1.82, 2.24) is 29.5 Å². The molecule has 0 aliphatic heterocycles. The van der Waals surface area contributed by atoms with Gasteiger partial charge in [0, 0.05) is 43.8 Å². The van der Waals surface area contributed by atoms with E-state index in [4.69, 9.17) is 9.73 Å². The molecular formula is C23H34IN7O. The molecule has 0 bridgehead atoms. The van der Waals surface area contributed by atoms with Crippen molar-refractivity contribution in [1.29, 1.82) is 0 Å². The summed E-state index contributed by atoms with van der Waals surface area (Å²) in [7, 11) is 3.75. The van der Waals surface area contributed by atoms with Crippen molar-refractivity contribution in [2.75, 3.05) is 20.7 Å². The van der Waals surface area contributed by atoms with Crippen LogP contribution in [0.25, 0.3) is 5.69 Å². The van der Waals surface area contributed by atoms with Crippen LogP contribution in [0.15, 0.2) is 41.7 Å². The summed E-state index contributed by atoms with van der Waals surface area (Å²) in [4.78, 5) is 6.93. The first-order valence-corrected chi connectivity index (χ1v) is 10.7. The van der Waals surface area contributed by atoms with Gasteiger partial charge in [-0.2, -0.15) is 0 Å². The molecule has 1 aromatic carbocycles. The third-order valence-electron chi connectivity index (χ3n) is 5.38. The molecule has 174 valence electrons. The fourth-order valence-electron chi connectivity index (χ4n) is 3.73. The second-order valence-corrected chi connectivity index (χ2v) is 7.49. The third kappa shape index (κ3) is 5.81. The normalized spacial score (nSPS) is 11.2. The van der Waals surface area contributed by atoms with Gasteiger partial charge in [-0.15, -0.1) is 34.2 Å². The first-order valence-electron chi connectivity index (χ1n) is 10.7. The Morgan fingerprint density at radius 3 is 2.53 bits per heavy atom. The van der Waals surface area contributed by atoms with E-state index in [1.165, 1.54) is 17.0 Å². The van der Waals surface area contributed by atoms with Crippen LogP contribution >= 0.6 is 24.0 Å². The Kier molecular flexibility index (Phi) is 9.55. The topological polar surface area (TPSA) is 72.5 Å². The van der Waals surface area contributed by atoms with Crippen LogP contribution in [0.3, 0.4) is 0 Å². The SMILES string of the molecule is CCNC(=NCc1nncn1CC)N(C)Cc1cc(C)n(-c2ccc(OC)cc2)c1C.I. The number of nitrogens with one attached hydrogen (secondary N) is 1. The molecule has 1 N–H and O–H groups in total. The molecule has 2 heterocycles. The molecule has 0 saturated heterocycles. The van der Waals surface area contributed by atoms with E-state index >= 15 is 0 Å². The van der Waals surface area contributed by atoms with E-state index in [2.05, 4.69) is 77.9 Å². The number of methoxy groups -OCH3 is 1. The molecule has 32 heavy (non-hydrogen) atoms. The Balaban J connectivity index is 0.00000363. The maximum atomic E-state index is 5.29. The average molecular weight is 551 g/mol. The third-order valence-corrected chi connectivity index (χ3v) is 5.38. The molecular weight excluding hydrogens is 517 g/mol. The van der Waals surface area contributed by atoms with Gasteiger partial charge in [0.25, 0.3) is 0 Å². The van der Waals surface area contributed by atoms with Crippen LogP contribution in [0, 0.1) is 13.8 Å². The number of nitrogens with zero attached hydrogens (tertiary/aromatic N) is 6. The molecule has 3 aromatic rings. The van der Waals surface area contributed by atoms with E-state index in [1.807, 2.05) is 16.7 Å². The quantitative estimate of drug-likeness (QED) is 0.261. The molecule has 0 saturated carbocycles. The maximum absolute atomic E-state index is 5.29. The molecule has 0 radical (unpaired) electrons. The number of hydrogen-bond donors (Lipinski definition) is 1. The summed E-state index contributed by atoms with van der Waals surface area (Å²) in [6, 6.07) is 10.4. The number of hydrogen-bond acceptors (Lipinski definition) is 4. The second kappa shape index (κ2) is 11.9. The Hall–Kier alpha value is -2.56. The molecule has 8 nitrogen and oxygen atoms in total. The van der Waals surface area contributed by atoms with Gasteiger partial charge in [-0.3, -0.25) is 0 Å². The van der Waals surface area contributed by atoms with E-state index in [0.29, 0.717) is 6.54 Å². The van der Waals surface area contributed by atoms with E-state index in [0.717, 1.165) is 42.9 Å². The first kappa shape index (κ1) is 25.7. The zero-order valence-electron chi connectivity index (χ0n) is 19.8. The smallest absolute Gasteiger partial charge is 0.194 e. The molecule has 0 aliphatic rings. The van der Waals surface area contributed by atoms with Gasteiger partial charge in [-0.1, -0.05) is 0 Å². The zero-order valence-corrected chi connectivity index (χ0v) is 22.1. The van der Waals surface area contributed by atoms with Gasteiger partial charge in [-0.05, 0) is 63.6 Å². The predicted octanol–water partition coefficient (Wildman–Crippen LogP) is 3.93. The highest BCUT2D eigenvalue weighted by Crippen LogP contribution is 2.23. The number of aromatic nitrogens is 4. The number of ether oxygens (including phenoxy) is 1. The van der Waals surface area contributed by atoms with E-state index < -0.39 is 0 Å². The van der Waals surface area contributed by atoms with Crippen LogP contribution in [-0.4, -0.2) is 50.9 Å². The standard InChI is InChI=1S/C23H33N7O.HI/c1-7-24-23(25-14-22-27-26-16-29(22)8-2)28(5)15-19-13-17(3)30(18(19)4)20-9-11-21(31-6)12-10-20;/h9-13,16H,7-8,14-15H2,1-6H3,(H,24,25);1H. The molecule has 0 aliphatic carbocycles. The highest BCUT2D eigenvalue weighted by molar-refractivity contribution is 14.0. The lowest BCUT2D eigenvalue weighted by atomic mass is 10.2. The minimum absolute atomic E-state index is 0. The van der Waals surface area contributed by atoms with E-state index in [1.54, 1.807) is 13.4 Å². The van der Waals surface area contributed by atoms with Crippen molar-refractivity contribution >= 4 is 29.9 Å². The van der Waals surface area contributed by atoms with Crippen LogP contribution in [0.1, 0.15) is 36.6 Å². The van der Waals surface area contributed by atoms with Crippen LogP contribution in [0.2, 0.25) is 0 Å². The van der Waals surface area contributed by atoms with Crippen LogP contribution in [0.4, 0.5) is 0 Å². The van der Waals surface area contributed by atoms with E-state index in [-0.39, 0.29) is 24.0 Å². The number of aryl methyl sites for hydroxylation is 2. The van der Waals surface area contributed by atoms with Gasteiger partial charge in [0.1, 0.15) is 18.6 Å². The molecule has 0 atom stereocenters. The summed E-state index contributed by atoms with van der Waals surface area (Å²) in [6.45, 7) is 11.3. The molecule has 3 rings (SSSR count). The summed E-state index contributed by atoms with van der Waals surface area (Å²) in [6.07, 6.45) is 1.75. The van der Waals surface area contributed by atoms with E-state index in [9.17, 15) is 0 Å². The summed E-state index contributed by atoms with van der Waals surface area (Å²) in [5.41, 5.74) is 4.81. The Morgan fingerprint density at radius 2 is 1.91 bits per heavy atom. The van der Waals surface area contributed by atoms with Gasteiger partial charge in [0.05, 0.1) is 7.11 Å². The van der Waals surface area contributed by atoms with Crippen molar-refractivity contribution in [2.24, 2.45) is 4.99 Å². The van der Waals surface area contributed by atoms with Crippen molar-refractivity contribution in [3.05, 3.63) is 59.4 Å². The van der Waals surface area contributed by atoms with Gasteiger partial charge >= 0.3 is 0 Å². The first-order chi connectivity index (χ1) is 15.0. The van der Waals surface area contributed by atoms with Crippen molar-refractivity contribution < 1.29 is 4.74 Å². The summed E-state index contributed by atoms with van der Waals surface area (Å²) in [5, 5.41) is 11.6. The van der Waals surface area contributed by atoms with Crippen LogP contribution in [-0.2, 0) is 19.6 Å². The van der Waals surface area contributed by atoms with Gasteiger partial charge < -0.3 is 24.1 Å². The number of benzene rings is 1. The minimum Gasteiger partial charge on any atom is -0.497 e. The van der Waals surface area contributed by atoms with Crippen molar-refractivity contribution in [3.8, 4) is 11.4 Å². The number of halogens is 1. The molecule has 2 aromatic heterocycles. The Bertz CT molecular complexity index is 1020. The molecule has 9 heteroatoms. The highest BCUT2D eigenvalue weighted by atomic mass is 127. The number of aliphatic imine (C=N–C) groups is 1. The van der Waals surface area contributed by atoms with Crippen LogP contribution < -0.4 is 10.1 Å². The number of rotatable bonds is 8. The summed E-state index contributed by atoms with van der Waals surface area (Å²) >= 11 is 0. The Morgan fingerprint density at radius 1 is 1.19 bits per heavy atom. The fourth-order valence-corrected chi connectivity index (χ4v) is 3.73. The lowest BCUT2D eigenvalue weighted by molar-refractivity contribution is 0.414. The van der Waals surface area contributed by atoms with Crippen LogP contribution in [0.5, 0.6) is 5.75 Å². The predicted molar refractivity (Wildman–Crippen MR) is 139 cm³/mol. The zero-order chi connectivity index (χ0) is 22.4. The monoisotopic (exact) mass is 551 g/mol. The Labute approximate surface area is 207 Å². The fraction of sp³-hybridized carbons (Fsp3) is 0.435. The molecule has 0 fully saturated rings. The van der Waals surface area contributed by atoms with Crippen molar-refractivity contribution in [3.63, 3.8) is 0 Å². The molecule has 0 unspecified atom stereocenters. The second-order valence-electron chi connectivity index (χ2n) is 7.49. The summed E-state index contributed by atoms with van der Waals surface area (Å²) < 4.78 is 9.57. The summed E-state index contributed by atoms with van der Waals surface area (Å²) in [5.74, 6) is 2.57. The van der Waals surface area contributed by atoms with Gasteiger partial charge in [-0.25, -0.2) is 4.99 Å². The largest absolute Gasteiger partial charge is 0.497 e. The lowest BCUT2D eigenvalue weighted by Crippen LogP contribution is -2.38. The molecule has 0 spiro atoms. The minimum atomic E-state index is 0. The van der Waals surface area contributed by atoms with Crippen molar-refractivity contribution in [2.45, 2.75) is 47.3 Å². The lowest BCUT2D eigenvalue weighted by Gasteiger charge is -2.22. The number of guanidine groups is 1. The molecule has 0 amide bonds. The van der Waals surface area contributed by atoms with Gasteiger partial charge in [0.15, 0.2) is 11.8 Å². The average Bonchev–Trinajstić information content (AvgIpc) is 3.34. The maximum Gasteiger partial charge on any atom is 0.194 e.